The van der Waals surface area contributed by atoms with Crippen molar-refractivity contribution < 1.29 is 0 Å². The molecule has 4 aromatic heterocycles. The zero-order valence-corrected chi connectivity index (χ0v) is 13.4. The van der Waals surface area contributed by atoms with E-state index in [9.17, 15) is 0 Å². The van der Waals surface area contributed by atoms with Gasteiger partial charge in [0, 0.05) is 44.8 Å². The maximum atomic E-state index is 4.65. The van der Waals surface area contributed by atoms with Crippen molar-refractivity contribution >= 4 is 59.0 Å². The first-order valence-electron chi connectivity index (χ1n) is 7.85. The normalized spacial score (nSPS) is 12.2. The van der Waals surface area contributed by atoms with Gasteiger partial charge in [0.15, 0.2) is 0 Å². The van der Waals surface area contributed by atoms with Crippen LogP contribution in [0, 0.1) is 0 Å². The molecule has 0 N–H and O–H groups in total. The Balaban J connectivity index is 2.02. The van der Waals surface area contributed by atoms with Crippen LogP contribution in [0.25, 0.3) is 47.6 Å². The van der Waals surface area contributed by atoms with Gasteiger partial charge in [0.05, 0.1) is 15.7 Å². The molecule has 0 aliphatic heterocycles. The van der Waals surface area contributed by atoms with Crippen molar-refractivity contribution in [1.82, 2.24) is 14.4 Å². The quantitative estimate of drug-likeness (QED) is 0.350. The Morgan fingerprint density at radius 2 is 1.62 bits per heavy atom. The summed E-state index contributed by atoms with van der Waals surface area (Å²) in [4.78, 5) is 9.24. The minimum Gasteiger partial charge on any atom is -0.298 e. The van der Waals surface area contributed by atoms with E-state index >= 15 is 0 Å². The molecule has 0 radical (unpaired) electrons. The molecular weight excluding hydrogens is 314 g/mol. The molecule has 0 aliphatic rings. The molecule has 0 aliphatic carbocycles. The van der Waals surface area contributed by atoms with Crippen molar-refractivity contribution in [1.29, 1.82) is 0 Å². The Bertz CT molecular complexity index is 1410. The van der Waals surface area contributed by atoms with Crippen LogP contribution in [0.2, 0.25) is 0 Å². The van der Waals surface area contributed by atoms with Crippen LogP contribution in [0.5, 0.6) is 0 Å². The van der Waals surface area contributed by atoms with E-state index in [0.717, 1.165) is 16.6 Å². The number of thiophene rings is 1. The zero-order valence-electron chi connectivity index (χ0n) is 12.6. The van der Waals surface area contributed by atoms with Crippen molar-refractivity contribution in [2.24, 2.45) is 0 Å². The average molecular weight is 325 g/mol. The van der Waals surface area contributed by atoms with Crippen molar-refractivity contribution in [2.75, 3.05) is 0 Å². The second-order valence-electron chi connectivity index (χ2n) is 5.96. The van der Waals surface area contributed by atoms with E-state index in [0.29, 0.717) is 0 Å². The van der Waals surface area contributed by atoms with Gasteiger partial charge in [-0.25, -0.2) is 4.98 Å². The van der Waals surface area contributed by atoms with E-state index in [1.807, 2.05) is 36.0 Å². The number of benzene rings is 2. The largest absolute Gasteiger partial charge is 0.298 e. The second-order valence-corrected chi connectivity index (χ2v) is 7.01. The second kappa shape index (κ2) is 4.30. The number of aromatic nitrogens is 3. The van der Waals surface area contributed by atoms with Gasteiger partial charge in [-0.1, -0.05) is 24.3 Å². The molecule has 6 aromatic rings. The van der Waals surface area contributed by atoms with Gasteiger partial charge in [0.2, 0.25) is 0 Å². The molecule has 4 heteroatoms. The fraction of sp³-hybridized carbons (Fsp3) is 0. The van der Waals surface area contributed by atoms with Gasteiger partial charge >= 0.3 is 0 Å². The first-order chi connectivity index (χ1) is 11.9. The molecule has 2 aromatic carbocycles. The van der Waals surface area contributed by atoms with Crippen LogP contribution < -0.4 is 0 Å². The van der Waals surface area contributed by atoms with Gasteiger partial charge in [-0.3, -0.25) is 9.38 Å². The molecule has 112 valence electrons. The van der Waals surface area contributed by atoms with E-state index in [4.69, 9.17) is 0 Å². The Labute approximate surface area is 140 Å². The summed E-state index contributed by atoms with van der Waals surface area (Å²) in [5.74, 6) is 0. The van der Waals surface area contributed by atoms with Gasteiger partial charge in [-0.05, 0) is 24.3 Å². The molecule has 0 saturated heterocycles. The number of pyridine rings is 2. The van der Waals surface area contributed by atoms with Crippen LogP contribution in [0.3, 0.4) is 0 Å². The summed E-state index contributed by atoms with van der Waals surface area (Å²) in [6.07, 6.45) is 5.78. The van der Waals surface area contributed by atoms with Crippen LogP contribution in [0.4, 0.5) is 0 Å². The summed E-state index contributed by atoms with van der Waals surface area (Å²) in [7, 11) is 0. The number of hydrogen-bond acceptors (Lipinski definition) is 3. The lowest BCUT2D eigenvalue weighted by Gasteiger charge is -2.08. The molecule has 0 atom stereocenters. The molecule has 3 nitrogen and oxygen atoms in total. The average Bonchev–Trinajstić information content (AvgIpc) is 3.26. The Morgan fingerprint density at radius 1 is 0.750 bits per heavy atom. The maximum Gasteiger partial charge on any atom is 0.146 e. The molecule has 0 saturated carbocycles. The third-order valence-electron chi connectivity index (χ3n) is 4.71. The summed E-state index contributed by atoms with van der Waals surface area (Å²) >= 11 is 1.84. The van der Waals surface area contributed by atoms with E-state index < -0.39 is 0 Å². The number of hydrogen-bond donors (Lipinski definition) is 0. The van der Waals surface area contributed by atoms with Crippen molar-refractivity contribution in [3.63, 3.8) is 0 Å². The predicted molar refractivity (Wildman–Crippen MR) is 101 cm³/mol. The van der Waals surface area contributed by atoms with Gasteiger partial charge in [0.1, 0.15) is 5.65 Å². The van der Waals surface area contributed by atoms with Crippen LogP contribution in [-0.4, -0.2) is 14.4 Å². The highest BCUT2D eigenvalue weighted by Gasteiger charge is 2.15. The monoisotopic (exact) mass is 325 g/mol. The molecule has 0 unspecified atom stereocenters. The van der Waals surface area contributed by atoms with Crippen LogP contribution in [0.1, 0.15) is 0 Å². The lowest BCUT2D eigenvalue weighted by atomic mass is 10.1. The summed E-state index contributed by atoms with van der Waals surface area (Å²) in [6.45, 7) is 0. The Morgan fingerprint density at radius 3 is 2.62 bits per heavy atom. The standard InChI is InChI=1S/C20H11N3S/c1-2-6-16-12(4-1)13-7-8-14-17-15(5-3-9-21-17)20-22-10-11-23(20)18(14)19(13)24-16/h1-11H. The van der Waals surface area contributed by atoms with E-state index in [2.05, 4.69) is 56.8 Å². The number of imidazole rings is 1. The van der Waals surface area contributed by atoms with E-state index in [-0.39, 0.29) is 0 Å². The maximum absolute atomic E-state index is 4.65. The molecule has 0 spiro atoms. The van der Waals surface area contributed by atoms with Crippen LogP contribution >= 0.6 is 11.3 Å². The minimum atomic E-state index is 0.968. The Kier molecular flexibility index (Phi) is 2.23. The van der Waals surface area contributed by atoms with Crippen LogP contribution in [0.15, 0.2) is 67.1 Å². The fourth-order valence-electron chi connectivity index (χ4n) is 3.69. The topological polar surface area (TPSA) is 30.2 Å². The number of rotatable bonds is 0. The number of fused-ring (bicyclic) bond motifs is 10. The molecular formula is C20H11N3S. The van der Waals surface area contributed by atoms with E-state index in [1.165, 1.54) is 31.1 Å². The summed E-state index contributed by atoms with van der Waals surface area (Å²) in [5, 5.41) is 4.88. The van der Waals surface area contributed by atoms with Gasteiger partial charge in [-0.15, -0.1) is 11.3 Å². The number of nitrogens with zero attached hydrogens (tertiary/aromatic N) is 3. The van der Waals surface area contributed by atoms with Crippen molar-refractivity contribution in [3.8, 4) is 0 Å². The zero-order chi connectivity index (χ0) is 15.7. The molecule has 24 heavy (non-hydrogen) atoms. The Hall–Kier alpha value is -2.98. The molecule has 6 rings (SSSR count). The summed E-state index contributed by atoms with van der Waals surface area (Å²) < 4.78 is 4.82. The lowest BCUT2D eigenvalue weighted by Crippen LogP contribution is -1.92. The minimum absolute atomic E-state index is 0.968. The smallest absolute Gasteiger partial charge is 0.146 e. The van der Waals surface area contributed by atoms with Crippen molar-refractivity contribution in [2.45, 2.75) is 0 Å². The third-order valence-corrected chi connectivity index (χ3v) is 5.90. The molecule has 0 bridgehead atoms. The highest BCUT2D eigenvalue weighted by Crippen LogP contribution is 2.40. The van der Waals surface area contributed by atoms with Crippen molar-refractivity contribution in [3.05, 3.63) is 67.1 Å². The van der Waals surface area contributed by atoms with E-state index in [1.54, 1.807) is 0 Å². The molecule has 0 fully saturated rings. The third kappa shape index (κ3) is 1.42. The molecule has 4 heterocycles. The highest BCUT2D eigenvalue weighted by atomic mass is 32.1. The van der Waals surface area contributed by atoms with Gasteiger partial charge in [-0.2, -0.15) is 0 Å². The molecule has 0 amide bonds. The fourth-order valence-corrected chi connectivity index (χ4v) is 4.94. The summed E-state index contributed by atoms with van der Waals surface area (Å²) in [5.41, 5.74) is 3.19. The summed E-state index contributed by atoms with van der Waals surface area (Å²) in [6, 6.07) is 17.1. The highest BCUT2D eigenvalue weighted by molar-refractivity contribution is 7.26. The van der Waals surface area contributed by atoms with Gasteiger partial charge in [0.25, 0.3) is 0 Å². The first-order valence-corrected chi connectivity index (χ1v) is 8.67. The SMILES string of the molecule is c1ccc2c(c1)sc1c2ccc2c3ncccc3c3nccn3c21. The van der Waals surface area contributed by atoms with Crippen LogP contribution in [-0.2, 0) is 0 Å². The van der Waals surface area contributed by atoms with Gasteiger partial charge < -0.3 is 0 Å². The predicted octanol–water partition coefficient (Wildman–Crippen LogP) is 5.40. The first kappa shape index (κ1) is 12.4. The lowest BCUT2D eigenvalue weighted by molar-refractivity contribution is 1.27.